The first-order valence-corrected chi connectivity index (χ1v) is 11.9. The highest BCUT2D eigenvalue weighted by Gasteiger charge is 2.22. The Morgan fingerprint density at radius 1 is 1.13 bits per heavy atom. The Balaban J connectivity index is 1.87. The van der Waals surface area contributed by atoms with Crippen molar-refractivity contribution in [3.63, 3.8) is 0 Å². The van der Waals surface area contributed by atoms with Crippen LogP contribution in [-0.2, 0) is 21.4 Å². The van der Waals surface area contributed by atoms with Crippen LogP contribution in [0.3, 0.4) is 0 Å². The number of hydrogen-bond acceptors (Lipinski definition) is 10. The zero-order valence-electron chi connectivity index (χ0n) is 21.7. The van der Waals surface area contributed by atoms with Gasteiger partial charge in [-0.05, 0) is 25.0 Å². The Morgan fingerprint density at radius 2 is 1.90 bits per heavy atom. The number of nitrogens with zero attached hydrogens (tertiary/aromatic N) is 5. The normalized spacial score (nSPS) is 11.4. The van der Waals surface area contributed by atoms with Gasteiger partial charge in [-0.25, -0.2) is 4.98 Å². The predicted molar refractivity (Wildman–Crippen MR) is 141 cm³/mol. The highest BCUT2D eigenvalue weighted by atomic mass is 16.5. The van der Waals surface area contributed by atoms with Gasteiger partial charge in [0.1, 0.15) is 6.33 Å². The summed E-state index contributed by atoms with van der Waals surface area (Å²) in [6, 6.07) is 6.69. The fourth-order valence-electron chi connectivity index (χ4n) is 3.76. The summed E-state index contributed by atoms with van der Waals surface area (Å²) in [4.78, 5) is 52.2. The molecular formula is C24H30N10O5. The van der Waals surface area contributed by atoms with E-state index in [1.54, 1.807) is 36.3 Å². The molecule has 206 valence electrons. The van der Waals surface area contributed by atoms with Crippen LogP contribution in [0.1, 0.15) is 36.2 Å². The minimum atomic E-state index is -0.799. The number of methoxy groups -OCH3 is 1. The fourth-order valence-corrected chi connectivity index (χ4v) is 3.76. The van der Waals surface area contributed by atoms with Gasteiger partial charge in [-0.3, -0.25) is 23.9 Å². The number of primary amides is 2. The first-order chi connectivity index (χ1) is 18.6. The molecule has 0 aliphatic rings. The van der Waals surface area contributed by atoms with Gasteiger partial charge in [-0.2, -0.15) is 5.10 Å². The molecule has 0 saturated carbocycles. The summed E-state index contributed by atoms with van der Waals surface area (Å²) in [6.45, 7) is 0. The van der Waals surface area contributed by atoms with E-state index >= 15 is 0 Å². The summed E-state index contributed by atoms with van der Waals surface area (Å²) in [6.07, 6.45) is 1.94. The van der Waals surface area contributed by atoms with Crippen LogP contribution in [0.4, 0.5) is 17.2 Å². The number of hydrogen-bond donors (Lipinski definition) is 5. The van der Waals surface area contributed by atoms with Crippen LogP contribution in [0.25, 0.3) is 11.4 Å². The smallest absolute Gasteiger partial charge is 0.273 e. The average Bonchev–Trinajstić information content (AvgIpc) is 3.33. The minimum absolute atomic E-state index is 0.0250. The number of anilines is 3. The van der Waals surface area contributed by atoms with Gasteiger partial charge in [0, 0.05) is 38.9 Å². The zero-order chi connectivity index (χ0) is 28.5. The van der Waals surface area contributed by atoms with Gasteiger partial charge in [0.15, 0.2) is 23.1 Å². The molecule has 3 rings (SSSR count). The van der Waals surface area contributed by atoms with Crippen LogP contribution >= 0.6 is 0 Å². The largest absolute Gasteiger partial charge is 0.494 e. The fraction of sp³-hybridized carbons (Fsp3) is 0.333. The number of benzene rings is 1. The maximum Gasteiger partial charge on any atom is 0.273 e. The molecule has 4 amide bonds. The van der Waals surface area contributed by atoms with E-state index in [9.17, 15) is 19.2 Å². The molecule has 0 saturated heterocycles. The second-order valence-corrected chi connectivity index (χ2v) is 8.53. The van der Waals surface area contributed by atoms with Crippen molar-refractivity contribution in [1.82, 2.24) is 30.3 Å². The van der Waals surface area contributed by atoms with Crippen molar-refractivity contribution in [2.24, 2.45) is 24.4 Å². The first-order valence-electron chi connectivity index (χ1n) is 11.9. The third-order valence-corrected chi connectivity index (χ3v) is 5.64. The summed E-state index contributed by atoms with van der Waals surface area (Å²) >= 11 is 0. The Kier molecular flexibility index (Phi) is 9.45. The molecule has 2 aromatic heterocycles. The molecule has 0 radical (unpaired) electrons. The molecule has 2 heterocycles. The summed E-state index contributed by atoms with van der Waals surface area (Å²) < 4.78 is 7.17. The van der Waals surface area contributed by atoms with E-state index in [0.717, 1.165) is 0 Å². The van der Waals surface area contributed by atoms with Crippen molar-refractivity contribution < 1.29 is 23.9 Å². The average molecular weight is 539 g/mol. The SMILES string of the molecule is CNC(=O)c1nnc(NC(=O)CC(CCCC(N)=O)C(N)=O)cc1Nc1cccc(-c2ncn(C)n2)c1OC. The van der Waals surface area contributed by atoms with Crippen molar-refractivity contribution in [2.75, 3.05) is 24.8 Å². The monoisotopic (exact) mass is 538 g/mol. The van der Waals surface area contributed by atoms with Gasteiger partial charge < -0.3 is 32.2 Å². The maximum absolute atomic E-state index is 12.7. The van der Waals surface area contributed by atoms with Crippen LogP contribution in [0.15, 0.2) is 30.6 Å². The summed E-state index contributed by atoms with van der Waals surface area (Å²) in [7, 11) is 4.67. The van der Waals surface area contributed by atoms with Crippen molar-refractivity contribution in [2.45, 2.75) is 25.7 Å². The summed E-state index contributed by atoms with van der Waals surface area (Å²) in [5.41, 5.74) is 11.8. The number of ether oxygens (including phenoxy) is 1. The van der Waals surface area contributed by atoms with Crippen LogP contribution in [0, 0.1) is 5.92 Å². The van der Waals surface area contributed by atoms with Crippen LogP contribution < -0.4 is 32.2 Å². The molecule has 7 N–H and O–H groups in total. The number of nitrogens with one attached hydrogen (secondary N) is 3. The lowest BCUT2D eigenvalue weighted by atomic mass is 9.97. The number of amides is 4. The van der Waals surface area contributed by atoms with E-state index in [2.05, 4.69) is 36.2 Å². The van der Waals surface area contributed by atoms with Crippen LogP contribution in [-0.4, -0.2) is 62.7 Å². The van der Waals surface area contributed by atoms with Gasteiger partial charge in [0.2, 0.25) is 17.7 Å². The van der Waals surface area contributed by atoms with Crippen LogP contribution in [0.5, 0.6) is 5.75 Å². The van der Waals surface area contributed by atoms with Crippen LogP contribution in [0.2, 0.25) is 0 Å². The summed E-state index contributed by atoms with van der Waals surface area (Å²) in [5.74, 6) is -2.18. The number of carbonyl (C=O) groups excluding carboxylic acids is 4. The quantitative estimate of drug-likeness (QED) is 0.202. The lowest BCUT2D eigenvalue weighted by Gasteiger charge is -2.16. The number of rotatable bonds is 13. The zero-order valence-corrected chi connectivity index (χ0v) is 21.7. The molecule has 0 aliphatic heterocycles. The molecule has 0 spiro atoms. The Bertz CT molecular complexity index is 1370. The molecule has 0 fully saturated rings. The number of nitrogens with two attached hydrogens (primary N) is 2. The second-order valence-electron chi connectivity index (χ2n) is 8.53. The highest BCUT2D eigenvalue weighted by molar-refractivity contribution is 6.00. The van der Waals surface area contributed by atoms with E-state index in [1.165, 1.54) is 20.2 Å². The van der Waals surface area contributed by atoms with Gasteiger partial charge in [-0.1, -0.05) is 6.07 Å². The topological polar surface area (TPSA) is 222 Å². The van der Waals surface area contributed by atoms with E-state index in [4.69, 9.17) is 16.2 Å². The summed E-state index contributed by atoms with van der Waals surface area (Å²) in [5, 5.41) is 20.4. The molecular weight excluding hydrogens is 508 g/mol. The van der Waals surface area contributed by atoms with E-state index in [1.807, 2.05) is 0 Å². The third kappa shape index (κ3) is 7.47. The van der Waals surface area contributed by atoms with Crippen molar-refractivity contribution >= 4 is 40.8 Å². The molecule has 0 bridgehead atoms. The standard InChI is InChI=1S/C24H30N10O5/c1-27-24(38)20-16(29-15-8-5-7-14(21(15)39-3)23-28-12-34(2)33-23)11-18(31-32-20)30-19(36)10-13(22(26)37)6-4-9-17(25)35/h5,7-8,11-13H,4,6,9-10H2,1-3H3,(H2,25,35)(H2,26,37)(H,27,38)(H2,29,30,31,36). The van der Waals surface area contributed by atoms with E-state index in [0.29, 0.717) is 29.2 Å². The molecule has 15 nitrogen and oxygen atoms in total. The van der Waals surface area contributed by atoms with Crippen molar-refractivity contribution in [3.05, 3.63) is 36.3 Å². The van der Waals surface area contributed by atoms with Crippen molar-refractivity contribution in [3.8, 4) is 17.1 Å². The molecule has 1 atom stereocenters. The van der Waals surface area contributed by atoms with Crippen molar-refractivity contribution in [1.29, 1.82) is 0 Å². The molecule has 0 aliphatic carbocycles. The Hall–Kier alpha value is -5.08. The molecule has 15 heteroatoms. The Morgan fingerprint density at radius 3 is 2.51 bits per heavy atom. The molecule has 3 aromatic rings. The Labute approximate surface area is 223 Å². The minimum Gasteiger partial charge on any atom is -0.494 e. The lowest BCUT2D eigenvalue weighted by molar-refractivity contribution is -0.126. The third-order valence-electron chi connectivity index (χ3n) is 5.64. The lowest BCUT2D eigenvalue weighted by Crippen LogP contribution is -2.28. The van der Waals surface area contributed by atoms with Gasteiger partial charge in [0.25, 0.3) is 5.91 Å². The van der Waals surface area contributed by atoms with E-state index < -0.39 is 29.5 Å². The van der Waals surface area contributed by atoms with Gasteiger partial charge >= 0.3 is 0 Å². The number of aryl methyl sites for hydroxylation is 1. The number of para-hydroxylation sites is 1. The van der Waals surface area contributed by atoms with Gasteiger partial charge in [0.05, 0.1) is 24.0 Å². The number of carbonyl (C=O) groups is 4. The molecule has 39 heavy (non-hydrogen) atoms. The van der Waals surface area contributed by atoms with E-state index in [-0.39, 0.29) is 36.5 Å². The molecule has 1 unspecified atom stereocenters. The second kappa shape index (κ2) is 12.9. The number of aromatic nitrogens is 5. The predicted octanol–water partition coefficient (Wildman–Crippen LogP) is 0.470. The first kappa shape index (κ1) is 28.5. The van der Waals surface area contributed by atoms with Gasteiger partial charge in [-0.15, -0.1) is 10.2 Å². The molecule has 1 aromatic carbocycles. The highest BCUT2D eigenvalue weighted by Crippen LogP contribution is 2.37. The maximum atomic E-state index is 12.7.